The van der Waals surface area contributed by atoms with Crippen LogP contribution in [0.3, 0.4) is 0 Å². The number of aliphatic carboxylic acids is 1. The second-order valence-corrected chi connectivity index (χ2v) is 8.63. The zero-order valence-electron chi connectivity index (χ0n) is 17.1. The molecule has 4 rings (SSSR count). The number of likely N-dealkylation sites (N-methyl/N-ethyl adjacent to an activating group) is 1. The van der Waals surface area contributed by atoms with Crippen LogP contribution in [0.1, 0.15) is 32.7 Å². The van der Waals surface area contributed by atoms with Crippen LogP contribution in [0.4, 0.5) is 10.5 Å². The summed E-state index contributed by atoms with van der Waals surface area (Å²) < 4.78 is -0.556. The molecule has 2 heterocycles. The van der Waals surface area contributed by atoms with Gasteiger partial charge in [-0.25, -0.2) is 9.59 Å². The Bertz CT molecular complexity index is 1070. The van der Waals surface area contributed by atoms with Gasteiger partial charge in [-0.15, -0.1) is 0 Å². The van der Waals surface area contributed by atoms with E-state index in [2.05, 4.69) is 0 Å². The van der Waals surface area contributed by atoms with Crippen LogP contribution in [0.25, 0.3) is 0 Å². The Hall–Kier alpha value is -3.17. The van der Waals surface area contributed by atoms with Crippen molar-refractivity contribution in [3.63, 3.8) is 0 Å². The predicted molar refractivity (Wildman–Crippen MR) is 116 cm³/mol. The lowest BCUT2D eigenvalue weighted by molar-refractivity contribution is -0.142. The van der Waals surface area contributed by atoms with Gasteiger partial charge in [-0.1, -0.05) is 30.3 Å². The van der Waals surface area contributed by atoms with Crippen LogP contribution in [0.5, 0.6) is 0 Å². The van der Waals surface area contributed by atoms with E-state index in [9.17, 15) is 24.3 Å². The highest BCUT2D eigenvalue weighted by Crippen LogP contribution is 2.39. The predicted octanol–water partition coefficient (Wildman–Crippen LogP) is 2.98. The molecule has 31 heavy (non-hydrogen) atoms. The van der Waals surface area contributed by atoms with E-state index in [1.54, 1.807) is 55.6 Å². The minimum atomic E-state index is -1.11. The van der Waals surface area contributed by atoms with Crippen molar-refractivity contribution in [2.24, 2.45) is 0 Å². The maximum Gasteiger partial charge on any atom is 0.444 e. The van der Waals surface area contributed by atoms with Crippen LogP contribution >= 0.6 is 11.8 Å². The third kappa shape index (κ3) is 3.12. The first-order chi connectivity index (χ1) is 14.8. The van der Waals surface area contributed by atoms with Crippen molar-refractivity contribution in [3.8, 4) is 0 Å². The van der Waals surface area contributed by atoms with Gasteiger partial charge in [0.15, 0.2) is 0 Å². The number of thioether (sulfide) groups is 1. The molecule has 0 bridgehead atoms. The van der Waals surface area contributed by atoms with Crippen molar-refractivity contribution < 1.29 is 24.3 Å². The zero-order valence-corrected chi connectivity index (χ0v) is 18.0. The Morgan fingerprint density at radius 1 is 1.06 bits per heavy atom. The number of benzene rings is 2. The van der Waals surface area contributed by atoms with Gasteiger partial charge in [-0.2, -0.15) is 26.3 Å². The first kappa shape index (κ1) is 21.1. The van der Waals surface area contributed by atoms with Crippen molar-refractivity contribution in [2.75, 3.05) is 19.1 Å². The molecule has 0 saturated carbocycles. The Labute approximate surface area is 183 Å². The molecule has 0 aromatic heterocycles. The number of hydrazine groups is 1. The summed E-state index contributed by atoms with van der Waals surface area (Å²) >= 11 is 1.49. The smallest absolute Gasteiger partial charge is 0.444 e. The summed E-state index contributed by atoms with van der Waals surface area (Å²) in [5, 5.41) is 12.0. The number of hydrogen-bond acceptors (Lipinski definition) is 5. The lowest BCUT2D eigenvalue weighted by Crippen LogP contribution is -2.70. The largest absolute Gasteiger partial charge is 0.477 e. The summed E-state index contributed by atoms with van der Waals surface area (Å²) in [6.45, 7) is 0.00316. The zero-order chi connectivity index (χ0) is 22.3. The summed E-state index contributed by atoms with van der Waals surface area (Å²) in [7, 11) is 1.55. The standard InChI is InChI=1S/C22H21N3O5S/c1-25(18(21(28)29)11-12-31-2)17-10-6-3-7-14(17)13-23(22(25)30)24-19(26)15-8-4-5-9-16(15)20(24)27/h3-10,18H,11-13H2,1-2H3/p+1/t18-,25?/m0/s1. The molecule has 4 amide bonds. The molecule has 0 spiro atoms. The molecule has 2 atom stereocenters. The van der Waals surface area contributed by atoms with Crippen molar-refractivity contribution in [1.29, 1.82) is 0 Å². The molecule has 160 valence electrons. The first-order valence-corrected chi connectivity index (χ1v) is 11.2. The minimum absolute atomic E-state index is 0.00316. The fourth-order valence-electron chi connectivity index (χ4n) is 4.35. The lowest BCUT2D eigenvalue weighted by Gasteiger charge is -2.45. The number of fused-ring (bicyclic) bond motifs is 2. The van der Waals surface area contributed by atoms with Crippen molar-refractivity contribution in [2.45, 2.75) is 19.0 Å². The van der Waals surface area contributed by atoms with E-state index in [0.29, 0.717) is 17.0 Å². The average molecular weight is 441 g/mol. The van der Waals surface area contributed by atoms with Gasteiger partial charge < -0.3 is 5.11 Å². The number of hydrogen-bond donors (Lipinski definition) is 1. The van der Waals surface area contributed by atoms with Gasteiger partial charge in [0.1, 0.15) is 5.69 Å². The van der Waals surface area contributed by atoms with E-state index >= 15 is 0 Å². The van der Waals surface area contributed by atoms with Gasteiger partial charge in [0.05, 0.1) is 24.7 Å². The number of carboxylic acid groups (broad SMARTS) is 1. The van der Waals surface area contributed by atoms with Gasteiger partial charge in [0.2, 0.25) is 6.04 Å². The van der Waals surface area contributed by atoms with Crippen LogP contribution in [-0.2, 0) is 11.3 Å². The quantitative estimate of drug-likeness (QED) is 0.548. The van der Waals surface area contributed by atoms with E-state index in [4.69, 9.17) is 0 Å². The number of quaternary nitrogens is 1. The van der Waals surface area contributed by atoms with Crippen LogP contribution in [-0.4, -0.2) is 64.0 Å². The SMILES string of the molecule is CSCC[C@@H](C(=O)O)[N+]1(C)C(=O)N(N2C(=O)c3ccccc3C2=O)Cc2ccccc21. The molecule has 0 fully saturated rings. The molecule has 2 aromatic rings. The first-order valence-electron chi connectivity index (χ1n) is 9.78. The monoisotopic (exact) mass is 440 g/mol. The maximum absolute atomic E-state index is 13.8. The number of amides is 4. The number of rotatable bonds is 6. The number of urea groups is 1. The van der Waals surface area contributed by atoms with Gasteiger partial charge >= 0.3 is 12.0 Å². The van der Waals surface area contributed by atoms with Gasteiger partial charge in [-0.05, 0) is 24.1 Å². The summed E-state index contributed by atoms with van der Waals surface area (Å²) in [6.07, 6.45) is 2.12. The Morgan fingerprint density at radius 3 is 2.23 bits per heavy atom. The van der Waals surface area contributed by atoms with Crippen LogP contribution in [0, 0.1) is 0 Å². The fourth-order valence-corrected chi connectivity index (χ4v) is 4.81. The molecule has 1 N–H and O–H groups in total. The molecule has 2 aliphatic rings. The highest BCUT2D eigenvalue weighted by atomic mass is 32.2. The normalized spacial score (nSPS) is 21.2. The molecule has 2 aliphatic heterocycles. The Balaban J connectivity index is 1.83. The summed E-state index contributed by atoms with van der Waals surface area (Å²) in [5.41, 5.74) is 1.71. The molecule has 2 aromatic carbocycles. The Kier molecular flexibility index (Phi) is 5.32. The average Bonchev–Trinajstić information content (AvgIpc) is 3.01. The van der Waals surface area contributed by atoms with Gasteiger partial charge in [0.25, 0.3) is 11.8 Å². The topological polar surface area (TPSA) is 95.0 Å². The number of carboxylic acids is 1. The van der Waals surface area contributed by atoms with Crippen LogP contribution < -0.4 is 4.48 Å². The molecule has 0 saturated heterocycles. The van der Waals surface area contributed by atoms with Crippen molar-refractivity contribution in [3.05, 3.63) is 65.2 Å². The van der Waals surface area contributed by atoms with E-state index in [1.807, 2.05) is 6.26 Å². The molecule has 0 aliphatic carbocycles. The number of carbonyl (C=O) groups is 4. The van der Waals surface area contributed by atoms with Gasteiger partial charge in [0, 0.05) is 18.1 Å². The second-order valence-electron chi connectivity index (χ2n) is 7.65. The van der Waals surface area contributed by atoms with E-state index in [0.717, 1.165) is 10.0 Å². The van der Waals surface area contributed by atoms with E-state index in [-0.39, 0.29) is 24.1 Å². The summed E-state index contributed by atoms with van der Waals surface area (Å²) in [6, 6.07) is 11.8. The van der Waals surface area contributed by atoms with Crippen molar-refractivity contribution in [1.82, 2.24) is 14.5 Å². The molecular weight excluding hydrogens is 418 g/mol. The number of carbonyl (C=O) groups excluding carboxylic acids is 3. The molecule has 9 heteroatoms. The second kappa shape index (κ2) is 7.82. The molecule has 0 radical (unpaired) electrons. The minimum Gasteiger partial charge on any atom is -0.477 e. The van der Waals surface area contributed by atoms with Crippen LogP contribution in [0.15, 0.2) is 48.5 Å². The molecule has 8 nitrogen and oxygen atoms in total. The third-order valence-corrected chi connectivity index (χ3v) is 6.59. The molecular formula is C22H22N3O5S+. The summed E-state index contributed by atoms with van der Waals surface area (Å²) in [4.78, 5) is 52.2. The van der Waals surface area contributed by atoms with Crippen LogP contribution in [0.2, 0.25) is 0 Å². The number of para-hydroxylation sites is 1. The third-order valence-electron chi connectivity index (χ3n) is 5.95. The fraction of sp³-hybridized carbons (Fsp3) is 0.273. The van der Waals surface area contributed by atoms with E-state index < -0.39 is 34.3 Å². The number of imide groups is 1. The summed E-state index contributed by atoms with van der Waals surface area (Å²) in [5.74, 6) is -1.73. The molecule has 1 unspecified atom stereocenters. The lowest BCUT2D eigenvalue weighted by atomic mass is 10.0. The Morgan fingerprint density at radius 2 is 1.65 bits per heavy atom. The highest BCUT2D eigenvalue weighted by molar-refractivity contribution is 7.98. The maximum atomic E-state index is 13.8. The highest BCUT2D eigenvalue weighted by Gasteiger charge is 2.56. The van der Waals surface area contributed by atoms with E-state index in [1.165, 1.54) is 11.8 Å². The number of nitrogens with zero attached hydrogens (tertiary/aromatic N) is 3. The van der Waals surface area contributed by atoms with Crippen molar-refractivity contribution >= 4 is 41.3 Å². The van der Waals surface area contributed by atoms with Gasteiger partial charge in [-0.3, -0.25) is 9.59 Å².